The highest BCUT2D eigenvalue weighted by Crippen LogP contribution is 1.97. The molecule has 2 N–H and O–H groups in total. The van der Waals surface area contributed by atoms with Crippen LogP contribution in [0.25, 0.3) is 0 Å². The molecule has 1 saturated heterocycles. The van der Waals surface area contributed by atoms with Crippen LogP contribution in [0.4, 0.5) is 0 Å². The summed E-state index contributed by atoms with van der Waals surface area (Å²) in [5.74, 6) is 0.163. The number of nitrogens with zero attached hydrogens (tertiary/aromatic N) is 1. The Morgan fingerprint density at radius 3 is 2.82 bits per heavy atom. The number of hydrogen-bond donors (Lipinski definition) is 2. The third-order valence-electron chi connectivity index (χ3n) is 2.94. The highest BCUT2D eigenvalue weighted by Gasteiger charge is 2.09. The number of hydrogen-bond acceptors (Lipinski definition) is 4. The Kier molecular flexibility index (Phi) is 7.96. The van der Waals surface area contributed by atoms with Crippen LogP contribution in [0.15, 0.2) is 0 Å². The number of piperazine rings is 1. The van der Waals surface area contributed by atoms with Gasteiger partial charge in [-0.15, -0.1) is 0 Å². The van der Waals surface area contributed by atoms with Crippen molar-refractivity contribution < 1.29 is 9.53 Å². The summed E-state index contributed by atoms with van der Waals surface area (Å²) < 4.78 is 4.92. The summed E-state index contributed by atoms with van der Waals surface area (Å²) in [6.07, 6.45) is 2.48. The fraction of sp³-hybridized carbons (Fsp3) is 0.917. The molecule has 0 bridgehead atoms. The van der Waals surface area contributed by atoms with Crippen LogP contribution < -0.4 is 10.6 Å². The zero-order chi connectivity index (χ0) is 12.3. The van der Waals surface area contributed by atoms with Gasteiger partial charge in [0.05, 0.1) is 0 Å². The van der Waals surface area contributed by atoms with Gasteiger partial charge in [0.15, 0.2) is 0 Å². The molecule has 1 heterocycles. The first-order valence-corrected chi connectivity index (χ1v) is 6.51. The molecule has 100 valence electrons. The molecule has 0 spiro atoms. The van der Waals surface area contributed by atoms with Gasteiger partial charge in [-0.3, -0.25) is 4.79 Å². The topological polar surface area (TPSA) is 53.6 Å². The summed E-state index contributed by atoms with van der Waals surface area (Å²) in [5.41, 5.74) is 0. The number of ether oxygens (including phenoxy) is 1. The molecule has 17 heavy (non-hydrogen) atoms. The predicted molar refractivity (Wildman–Crippen MR) is 68.0 cm³/mol. The summed E-state index contributed by atoms with van der Waals surface area (Å²) in [6.45, 7) is 6.83. The Bertz CT molecular complexity index is 206. The van der Waals surface area contributed by atoms with E-state index in [1.807, 2.05) is 0 Å². The van der Waals surface area contributed by atoms with E-state index in [4.69, 9.17) is 4.74 Å². The lowest BCUT2D eigenvalue weighted by Crippen LogP contribution is -2.43. The molecule has 1 rings (SSSR count). The first-order chi connectivity index (χ1) is 8.33. The number of carbonyl (C=O) groups excluding carboxylic acids is 1. The molecule has 0 aromatic carbocycles. The maximum Gasteiger partial charge on any atom is 0.220 e. The normalized spacial score (nSPS) is 17.0. The van der Waals surface area contributed by atoms with E-state index in [9.17, 15) is 4.79 Å². The highest BCUT2D eigenvalue weighted by molar-refractivity contribution is 5.75. The van der Waals surface area contributed by atoms with Crippen molar-refractivity contribution in [2.24, 2.45) is 0 Å². The monoisotopic (exact) mass is 243 g/mol. The van der Waals surface area contributed by atoms with Crippen LogP contribution in [0.1, 0.15) is 19.3 Å². The summed E-state index contributed by atoms with van der Waals surface area (Å²) in [5, 5.41) is 6.23. The average Bonchev–Trinajstić information content (AvgIpc) is 2.36. The number of rotatable bonds is 8. The summed E-state index contributed by atoms with van der Waals surface area (Å²) in [4.78, 5) is 13.9. The predicted octanol–water partition coefficient (Wildman–Crippen LogP) is -0.175. The lowest BCUT2D eigenvalue weighted by atomic mass is 10.2. The Morgan fingerprint density at radius 2 is 2.12 bits per heavy atom. The number of methoxy groups -OCH3 is 1. The minimum absolute atomic E-state index is 0.163. The van der Waals surface area contributed by atoms with Crippen LogP contribution in [-0.4, -0.2) is 63.8 Å². The van der Waals surface area contributed by atoms with Gasteiger partial charge >= 0.3 is 0 Å². The van der Waals surface area contributed by atoms with Crippen molar-refractivity contribution in [1.82, 2.24) is 15.5 Å². The zero-order valence-electron chi connectivity index (χ0n) is 10.8. The molecule has 5 nitrogen and oxygen atoms in total. The molecule has 1 aliphatic rings. The van der Waals surface area contributed by atoms with Crippen LogP contribution in [-0.2, 0) is 9.53 Å². The van der Waals surface area contributed by atoms with Crippen molar-refractivity contribution in [2.75, 3.05) is 53.0 Å². The Morgan fingerprint density at radius 1 is 1.35 bits per heavy atom. The van der Waals surface area contributed by atoms with Crippen molar-refractivity contribution in [2.45, 2.75) is 19.3 Å². The van der Waals surface area contributed by atoms with E-state index in [0.29, 0.717) is 13.0 Å². The van der Waals surface area contributed by atoms with E-state index in [-0.39, 0.29) is 5.91 Å². The van der Waals surface area contributed by atoms with Gasteiger partial charge in [0.2, 0.25) is 5.91 Å². The molecule has 0 saturated carbocycles. The largest absolute Gasteiger partial charge is 0.385 e. The Balaban J connectivity index is 1.92. The van der Waals surface area contributed by atoms with E-state index < -0.39 is 0 Å². The first-order valence-electron chi connectivity index (χ1n) is 6.51. The van der Waals surface area contributed by atoms with Crippen LogP contribution >= 0.6 is 0 Å². The van der Waals surface area contributed by atoms with E-state index >= 15 is 0 Å². The van der Waals surface area contributed by atoms with Gasteiger partial charge < -0.3 is 20.3 Å². The smallest absolute Gasteiger partial charge is 0.220 e. The molecule has 0 aliphatic carbocycles. The minimum atomic E-state index is 0.163. The number of amides is 1. The number of carbonyl (C=O) groups is 1. The summed E-state index contributed by atoms with van der Waals surface area (Å²) in [7, 11) is 1.68. The second-order valence-electron chi connectivity index (χ2n) is 4.39. The van der Waals surface area contributed by atoms with Gasteiger partial charge in [-0.2, -0.15) is 0 Å². The fourth-order valence-electron chi connectivity index (χ4n) is 1.93. The second-order valence-corrected chi connectivity index (χ2v) is 4.39. The maximum atomic E-state index is 11.5. The van der Waals surface area contributed by atoms with Crippen LogP contribution in [0.2, 0.25) is 0 Å². The highest BCUT2D eigenvalue weighted by atomic mass is 16.5. The maximum absolute atomic E-state index is 11.5. The Hall–Kier alpha value is -0.650. The van der Waals surface area contributed by atoms with Crippen LogP contribution in [0.5, 0.6) is 0 Å². The zero-order valence-corrected chi connectivity index (χ0v) is 10.8. The van der Waals surface area contributed by atoms with Gasteiger partial charge in [-0.05, 0) is 19.4 Å². The molecule has 1 amide bonds. The van der Waals surface area contributed by atoms with E-state index in [2.05, 4.69) is 15.5 Å². The Labute approximate surface area is 104 Å². The van der Waals surface area contributed by atoms with Gasteiger partial charge in [0, 0.05) is 52.9 Å². The summed E-state index contributed by atoms with van der Waals surface area (Å²) >= 11 is 0. The first kappa shape index (κ1) is 14.4. The molecule has 5 heteroatoms. The molecule has 0 radical (unpaired) electrons. The average molecular weight is 243 g/mol. The van der Waals surface area contributed by atoms with Crippen molar-refractivity contribution >= 4 is 5.91 Å². The van der Waals surface area contributed by atoms with Crippen LogP contribution in [0, 0.1) is 0 Å². The summed E-state index contributed by atoms with van der Waals surface area (Å²) in [6, 6.07) is 0. The minimum Gasteiger partial charge on any atom is -0.385 e. The van der Waals surface area contributed by atoms with Gasteiger partial charge in [-0.1, -0.05) is 0 Å². The number of nitrogens with one attached hydrogen (secondary N) is 2. The molecule has 0 atom stereocenters. The van der Waals surface area contributed by atoms with Crippen molar-refractivity contribution in [3.8, 4) is 0 Å². The lowest BCUT2D eigenvalue weighted by molar-refractivity contribution is -0.121. The third kappa shape index (κ3) is 7.31. The SMILES string of the molecule is COCCCNC(=O)CCCN1CCNCC1. The quantitative estimate of drug-likeness (QED) is 0.581. The van der Waals surface area contributed by atoms with E-state index in [0.717, 1.165) is 52.1 Å². The molecule has 1 aliphatic heterocycles. The molecule has 1 fully saturated rings. The van der Waals surface area contributed by atoms with Gasteiger partial charge in [0.1, 0.15) is 0 Å². The van der Waals surface area contributed by atoms with Gasteiger partial charge in [-0.25, -0.2) is 0 Å². The van der Waals surface area contributed by atoms with Crippen molar-refractivity contribution in [3.05, 3.63) is 0 Å². The van der Waals surface area contributed by atoms with E-state index in [1.54, 1.807) is 7.11 Å². The molecular weight excluding hydrogens is 218 g/mol. The standard InChI is InChI=1S/C12H25N3O2/c1-17-11-3-5-14-12(16)4-2-8-15-9-6-13-7-10-15/h13H,2-11H2,1H3,(H,14,16). The van der Waals surface area contributed by atoms with Gasteiger partial charge in [0.25, 0.3) is 0 Å². The fourth-order valence-corrected chi connectivity index (χ4v) is 1.93. The lowest BCUT2D eigenvalue weighted by Gasteiger charge is -2.26. The molecule has 0 aromatic rings. The van der Waals surface area contributed by atoms with Crippen molar-refractivity contribution in [1.29, 1.82) is 0 Å². The van der Waals surface area contributed by atoms with E-state index in [1.165, 1.54) is 0 Å². The van der Waals surface area contributed by atoms with Crippen molar-refractivity contribution in [3.63, 3.8) is 0 Å². The third-order valence-corrected chi connectivity index (χ3v) is 2.94. The second kappa shape index (κ2) is 9.39. The molecule has 0 aromatic heterocycles. The molecular formula is C12H25N3O2. The molecule has 0 unspecified atom stereocenters. The van der Waals surface area contributed by atoms with Crippen LogP contribution in [0.3, 0.4) is 0 Å².